The predicted molar refractivity (Wildman–Crippen MR) is 115 cm³/mol. The topological polar surface area (TPSA) is 78.8 Å². The second kappa shape index (κ2) is 7.86. The molecular weight excluding hydrogens is 394 g/mol. The lowest BCUT2D eigenvalue weighted by molar-refractivity contribution is -0.133. The fraction of sp³-hybridized carbons (Fsp3) is 0.304. The van der Waals surface area contributed by atoms with E-state index in [-0.39, 0.29) is 37.0 Å². The van der Waals surface area contributed by atoms with E-state index in [1.807, 2.05) is 51.9 Å². The molecule has 0 radical (unpaired) electrons. The lowest BCUT2D eigenvalue weighted by Crippen LogP contribution is -2.48. The molecule has 0 saturated carbocycles. The minimum Gasteiger partial charge on any atom is -0.341 e. The maximum Gasteiger partial charge on any atom is 0.332 e. The van der Waals surface area contributed by atoms with Crippen LogP contribution in [0.15, 0.2) is 60.9 Å². The van der Waals surface area contributed by atoms with Crippen molar-refractivity contribution in [2.45, 2.75) is 25.4 Å². The van der Waals surface area contributed by atoms with E-state index in [4.69, 9.17) is 0 Å². The number of rotatable bonds is 4. The van der Waals surface area contributed by atoms with Gasteiger partial charge in [0.2, 0.25) is 5.91 Å². The van der Waals surface area contributed by atoms with Crippen molar-refractivity contribution in [1.82, 2.24) is 19.4 Å². The van der Waals surface area contributed by atoms with E-state index < -0.39 is 0 Å². The number of piperidine rings is 1. The van der Waals surface area contributed by atoms with Crippen LogP contribution in [0, 0.1) is 0 Å². The van der Waals surface area contributed by atoms with Gasteiger partial charge in [0.05, 0.1) is 23.0 Å². The molecule has 0 atom stereocenters. The first-order valence-corrected chi connectivity index (χ1v) is 10.5. The molecule has 3 aromatic rings. The Kier molecular flexibility index (Phi) is 4.89. The average Bonchev–Trinajstić information content (AvgIpc) is 3.34. The number of likely N-dealkylation sites (tertiary alicyclic amines) is 1. The van der Waals surface area contributed by atoms with Crippen molar-refractivity contribution in [2.75, 3.05) is 24.5 Å². The number of fused-ring (bicyclic) bond motifs is 1. The van der Waals surface area contributed by atoms with Gasteiger partial charge in [-0.3, -0.25) is 9.59 Å². The number of benzene rings is 2. The fourth-order valence-electron chi connectivity index (χ4n) is 4.44. The van der Waals surface area contributed by atoms with Gasteiger partial charge in [0.25, 0.3) is 5.91 Å². The van der Waals surface area contributed by atoms with Crippen LogP contribution in [0.1, 0.15) is 12.8 Å². The van der Waals surface area contributed by atoms with Gasteiger partial charge in [-0.05, 0) is 37.1 Å². The quantitative estimate of drug-likeness (QED) is 0.611. The molecule has 2 fully saturated rings. The Morgan fingerprint density at radius 1 is 0.968 bits per heavy atom. The zero-order valence-corrected chi connectivity index (χ0v) is 17.1. The number of hydrogen-bond donors (Lipinski definition) is 0. The van der Waals surface area contributed by atoms with Gasteiger partial charge in [-0.1, -0.05) is 30.3 Å². The lowest BCUT2D eigenvalue weighted by Gasteiger charge is -2.36. The van der Waals surface area contributed by atoms with E-state index in [0.29, 0.717) is 31.6 Å². The fourth-order valence-corrected chi connectivity index (χ4v) is 4.44. The Bertz CT molecular complexity index is 1130. The van der Waals surface area contributed by atoms with Gasteiger partial charge in [-0.2, -0.15) is 0 Å². The number of imidazole rings is 1. The summed E-state index contributed by atoms with van der Waals surface area (Å²) in [5, 5.41) is 0. The van der Waals surface area contributed by atoms with E-state index >= 15 is 0 Å². The third-order valence-electron chi connectivity index (χ3n) is 6.10. The standard InChI is InChI=1S/C23H23N5O3/c29-21(14-26-16-24-19-8-4-5-9-20(19)26)25-12-10-17(11-13-25)27-15-22(30)28(23(27)31)18-6-2-1-3-7-18/h1-9,16-17H,10-15H2. The monoisotopic (exact) mass is 417 g/mol. The first kappa shape index (κ1) is 19.3. The molecule has 2 aromatic carbocycles. The van der Waals surface area contributed by atoms with Crippen LogP contribution in [0.3, 0.4) is 0 Å². The van der Waals surface area contributed by atoms with Gasteiger partial charge in [-0.25, -0.2) is 14.7 Å². The summed E-state index contributed by atoms with van der Waals surface area (Å²) in [6, 6.07) is 16.4. The Hall–Kier alpha value is -3.68. The van der Waals surface area contributed by atoms with Crippen LogP contribution in [0.25, 0.3) is 11.0 Å². The molecule has 8 heteroatoms. The normalized spacial score (nSPS) is 17.7. The van der Waals surface area contributed by atoms with Gasteiger partial charge in [0.15, 0.2) is 0 Å². The molecule has 2 aliphatic heterocycles. The Morgan fingerprint density at radius 3 is 2.45 bits per heavy atom. The van der Waals surface area contributed by atoms with E-state index in [1.54, 1.807) is 23.4 Å². The van der Waals surface area contributed by atoms with Crippen molar-refractivity contribution in [1.29, 1.82) is 0 Å². The summed E-state index contributed by atoms with van der Waals surface area (Å²) in [6.45, 7) is 1.47. The Labute approximate surface area is 179 Å². The number of carbonyl (C=O) groups is 3. The van der Waals surface area contributed by atoms with Crippen molar-refractivity contribution < 1.29 is 14.4 Å². The molecule has 1 aromatic heterocycles. The van der Waals surface area contributed by atoms with Crippen LogP contribution >= 0.6 is 0 Å². The molecule has 0 N–H and O–H groups in total. The number of hydrogen-bond acceptors (Lipinski definition) is 4. The van der Waals surface area contributed by atoms with Gasteiger partial charge < -0.3 is 14.4 Å². The number of anilines is 1. The number of carbonyl (C=O) groups excluding carboxylic acids is 3. The van der Waals surface area contributed by atoms with Crippen LogP contribution in [-0.4, -0.2) is 62.9 Å². The Morgan fingerprint density at radius 2 is 1.68 bits per heavy atom. The number of nitrogens with zero attached hydrogens (tertiary/aromatic N) is 5. The molecule has 0 aliphatic carbocycles. The van der Waals surface area contributed by atoms with Crippen LogP contribution < -0.4 is 4.90 Å². The summed E-state index contributed by atoms with van der Waals surface area (Å²) in [6.07, 6.45) is 3.03. The van der Waals surface area contributed by atoms with Crippen LogP contribution in [-0.2, 0) is 16.1 Å². The zero-order chi connectivity index (χ0) is 21.4. The van der Waals surface area contributed by atoms with Gasteiger partial charge in [0, 0.05) is 19.1 Å². The minimum atomic E-state index is -0.272. The van der Waals surface area contributed by atoms with E-state index in [1.165, 1.54) is 4.90 Å². The summed E-state index contributed by atoms with van der Waals surface area (Å²) in [5.41, 5.74) is 2.40. The highest BCUT2D eigenvalue weighted by Gasteiger charge is 2.41. The van der Waals surface area contributed by atoms with Gasteiger partial charge in [-0.15, -0.1) is 0 Å². The molecule has 3 heterocycles. The van der Waals surface area contributed by atoms with Crippen LogP contribution in [0.2, 0.25) is 0 Å². The zero-order valence-electron chi connectivity index (χ0n) is 17.1. The SMILES string of the molecule is O=C(Cn1cnc2ccccc21)N1CCC(N2CC(=O)N(c3ccccc3)C2=O)CC1. The molecule has 0 spiro atoms. The molecular formula is C23H23N5O3. The molecule has 0 bridgehead atoms. The van der Waals surface area contributed by atoms with Crippen LogP contribution in [0.5, 0.6) is 0 Å². The molecule has 2 saturated heterocycles. The van der Waals surface area contributed by atoms with Crippen molar-refractivity contribution in [2.24, 2.45) is 0 Å². The third-order valence-corrected chi connectivity index (χ3v) is 6.10. The third kappa shape index (κ3) is 3.54. The average molecular weight is 417 g/mol. The number of urea groups is 1. The Balaban J connectivity index is 1.21. The highest BCUT2D eigenvalue weighted by atomic mass is 16.2. The second-order valence-corrected chi connectivity index (χ2v) is 7.95. The van der Waals surface area contributed by atoms with Crippen molar-refractivity contribution in [3.8, 4) is 0 Å². The van der Waals surface area contributed by atoms with Crippen molar-refractivity contribution >= 4 is 34.6 Å². The second-order valence-electron chi connectivity index (χ2n) is 7.95. The summed E-state index contributed by atoms with van der Waals surface area (Å²) in [4.78, 5) is 47.3. The summed E-state index contributed by atoms with van der Waals surface area (Å²) in [7, 11) is 0. The van der Waals surface area contributed by atoms with Gasteiger partial charge >= 0.3 is 6.03 Å². The van der Waals surface area contributed by atoms with Gasteiger partial charge in [0.1, 0.15) is 13.1 Å². The molecule has 8 nitrogen and oxygen atoms in total. The minimum absolute atomic E-state index is 0.0383. The molecule has 0 unspecified atom stereocenters. The molecule has 4 amide bonds. The maximum absolute atomic E-state index is 12.9. The van der Waals surface area contributed by atoms with E-state index in [9.17, 15) is 14.4 Å². The first-order valence-electron chi connectivity index (χ1n) is 10.5. The van der Waals surface area contributed by atoms with E-state index in [0.717, 1.165) is 11.0 Å². The molecule has 31 heavy (non-hydrogen) atoms. The maximum atomic E-state index is 12.9. The number of imide groups is 1. The first-order chi connectivity index (χ1) is 15.1. The number of amides is 4. The van der Waals surface area contributed by atoms with Crippen LogP contribution in [0.4, 0.5) is 10.5 Å². The molecule has 5 rings (SSSR count). The molecule has 158 valence electrons. The lowest BCUT2D eigenvalue weighted by atomic mass is 10.0. The van der Waals surface area contributed by atoms with Crippen molar-refractivity contribution in [3.05, 3.63) is 60.9 Å². The largest absolute Gasteiger partial charge is 0.341 e. The summed E-state index contributed by atoms with van der Waals surface area (Å²) in [5.74, 6) is -0.168. The molecule has 2 aliphatic rings. The predicted octanol–water partition coefficient (Wildman–Crippen LogP) is 2.50. The summed E-state index contributed by atoms with van der Waals surface area (Å²) < 4.78 is 1.87. The highest BCUT2D eigenvalue weighted by molar-refractivity contribution is 6.19. The number of para-hydroxylation sites is 3. The highest BCUT2D eigenvalue weighted by Crippen LogP contribution is 2.26. The number of aromatic nitrogens is 2. The van der Waals surface area contributed by atoms with Crippen molar-refractivity contribution in [3.63, 3.8) is 0 Å². The van der Waals surface area contributed by atoms with E-state index in [2.05, 4.69) is 4.98 Å². The smallest absolute Gasteiger partial charge is 0.332 e. The summed E-state index contributed by atoms with van der Waals surface area (Å²) >= 11 is 0.